The van der Waals surface area contributed by atoms with Gasteiger partial charge in [-0.05, 0) is 24.1 Å². The summed E-state index contributed by atoms with van der Waals surface area (Å²) in [6.07, 6.45) is 2.21. The van der Waals surface area contributed by atoms with Crippen molar-refractivity contribution >= 4 is 17.4 Å². The van der Waals surface area contributed by atoms with Crippen LogP contribution >= 0.6 is 0 Å². The van der Waals surface area contributed by atoms with Gasteiger partial charge in [0.1, 0.15) is 5.82 Å². The zero-order valence-electron chi connectivity index (χ0n) is 14.2. The molecule has 0 spiro atoms. The number of hydrogen-bond acceptors (Lipinski definition) is 4. The SMILES string of the molecule is CCC(=O)Nc1cnc(N2CCOCC2)cc1-c1ccccc1C. The lowest BCUT2D eigenvalue weighted by molar-refractivity contribution is -0.115. The number of amides is 1. The van der Waals surface area contributed by atoms with Crippen LogP contribution in [0.4, 0.5) is 11.5 Å². The molecule has 1 saturated heterocycles. The van der Waals surface area contributed by atoms with Crippen LogP contribution in [0.3, 0.4) is 0 Å². The first-order valence-electron chi connectivity index (χ1n) is 8.37. The Labute approximate surface area is 142 Å². The molecule has 0 unspecified atom stereocenters. The first-order valence-corrected chi connectivity index (χ1v) is 8.37. The summed E-state index contributed by atoms with van der Waals surface area (Å²) < 4.78 is 5.42. The van der Waals surface area contributed by atoms with Gasteiger partial charge in [0.15, 0.2) is 0 Å². The summed E-state index contributed by atoms with van der Waals surface area (Å²) in [4.78, 5) is 18.7. The van der Waals surface area contributed by atoms with E-state index in [1.165, 1.54) is 5.56 Å². The van der Waals surface area contributed by atoms with Crippen molar-refractivity contribution in [3.63, 3.8) is 0 Å². The van der Waals surface area contributed by atoms with E-state index < -0.39 is 0 Å². The van der Waals surface area contributed by atoms with Crippen LogP contribution in [-0.4, -0.2) is 37.2 Å². The van der Waals surface area contributed by atoms with Gasteiger partial charge in [-0.25, -0.2) is 4.98 Å². The maximum atomic E-state index is 11.9. The number of carbonyl (C=O) groups excluding carboxylic acids is 1. The highest BCUT2D eigenvalue weighted by atomic mass is 16.5. The zero-order chi connectivity index (χ0) is 16.9. The maximum absolute atomic E-state index is 11.9. The quantitative estimate of drug-likeness (QED) is 0.937. The molecule has 1 amide bonds. The number of aryl methyl sites for hydroxylation is 1. The molecule has 1 aromatic carbocycles. The number of rotatable bonds is 4. The summed E-state index contributed by atoms with van der Waals surface area (Å²) in [5, 5.41) is 2.97. The molecule has 24 heavy (non-hydrogen) atoms. The van der Waals surface area contributed by atoms with E-state index in [4.69, 9.17) is 4.74 Å². The van der Waals surface area contributed by atoms with Crippen LogP contribution in [-0.2, 0) is 9.53 Å². The second kappa shape index (κ2) is 7.45. The van der Waals surface area contributed by atoms with E-state index in [0.29, 0.717) is 6.42 Å². The van der Waals surface area contributed by atoms with E-state index in [9.17, 15) is 4.79 Å². The molecule has 0 saturated carbocycles. The van der Waals surface area contributed by atoms with Crippen LogP contribution in [0.2, 0.25) is 0 Å². The number of nitrogens with zero attached hydrogens (tertiary/aromatic N) is 2. The van der Waals surface area contributed by atoms with Crippen molar-refractivity contribution < 1.29 is 9.53 Å². The second-order valence-corrected chi connectivity index (χ2v) is 5.90. The van der Waals surface area contributed by atoms with Crippen molar-refractivity contribution in [2.45, 2.75) is 20.3 Å². The number of anilines is 2. The molecule has 2 aromatic rings. The van der Waals surface area contributed by atoms with Gasteiger partial charge in [-0.2, -0.15) is 0 Å². The Morgan fingerprint density at radius 1 is 1.25 bits per heavy atom. The van der Waals surface area contributed by atoms with Crippen molar-refractivity contribution in [3.05, 3.63) is 42.1 Å². The largest absolute Gasteiger partial charge is 0.378 e. The summed E-state index contributed by atoms with van der Waals surface area (Å²) in [6, 6.07) is 10.3. The van der Waals surface area contributed by atoms with Gasteiger partial charge in [0, 0.05) is 25.1 Å². The molecule has 126 valence electrons. The standard InChI is InChI=1S/C19H23N3O2/c1-3-19(23)21-17-13-20-18(22-8-10-24-11-9-22)12-16(17)15-7-5-4-6-14(15)2/h4-7,12-13H,3,8-11H2,1-2H3,(H,21,23). The third kappa shape index (κ3) is 3.57. The molecule has 3 rings (SSSR count). The molecule has 1 N–H and O–H groups in total. The Kier molecular flexibility index (Phi) is 5.11. The molecule has 5 heteroatoms. The molecule has 0 aliphatic carbocycles. The van der Waals surface area contributed by atoms with Gasteiger partial charge in [0.05, 0.1) is 25.1 Å². The fourth-order valence-corrected chi connectivity index (χ4v) is 2.85. The predicted molar refractivity (Wildman–Crippen MR) is 96.4 cm³/mol. The average molecular weight is 325 g/mol. The highest BCUT2D eigenvalue weighted by molar-refractivity contribution is 5.96. The van der Waals surface area contributed by atoms with Crippen molar-refractivity contribution in [2.75, 3.05) is 36.5 Å². The molecule has 0 atom stereocenters. The molecule has 1 fully saturated rings. The number of hydrogen-bond donors (Lipinski definition) is 1. The summed E-state index contributed by atoms with van der Waals surface area (Å²) in [5.74, 6) is 0.914. The number of ether oxygens (including phenoxy) is 1. The summed E-state index contributed by atoms with van der Waals surface area (Å²) in [5.41, 5.74) is 4.05. The minimum absolute atomic E-state index is 0.00856. The fourth-order valence-electron chi connectivity index (χ4n) is 2.85. The van der Waals surface area contributed by atoms with Crippen LogP contribution in [0.1, 0.15) is 18.9 Å². The molecular formula is C19H23N3O2. The topological polar surface area (TPSA) is 54.5 Å². The average Bonchev–Trinajstić information content (AvgIpc) is 2.63. The molecule has 2 heterocycles. The third-order valence-electron chi connectivity index (χ3n) is 4.26. The number of aromatic nitrogens is 1. The second-order valence-electron chi connectivity index (χ2n) is 5.90. The van der Waals surface area contributed by atoms with Gasteiger partial charge >= 0.3 is 0 Å². The predicted octanol–water partition coefficient (Wildman–Crippen LogP) is 3.24. The molecular weight excluding hydrogens is 302 g/mol. The monoisotopic (exact) mass is 325 g/mol. The smallest absolute Gasteiger partial charge is 0.224 e. The number of pyridine rings is 1. The zero-order valence-corrected chi connectivity index (χ0v) is 14.2. The lowest BCUT2D eigenvalue weighted by Crippen LogP contribution is -2.36. The van der Waals surface area contributed by atoms with Gasteiger partial charge in [-0.1, -0.05) is 31.2 Å². The number of carbonyl (C=O) groups is 1. The molecule has 1 aromatic heterocycles. The Bertz CT molecular complexity index is 724. The Hall–Kier alpha value is -2.40. The minimum atomic E-state index is -0.00856. The van der Waals surface area contributed by atoms with E-state index in [2.05, 4.69) is 40.3 Å². The Morgan fingerprint density at radius 3 is 2.71 bits per heavy atom. The van der Waals surface area contributed by atoms with E-state index in [1.54, 1.807) is 6.20 Å². The van der Waals surface area contributed by atoms with Gasteiger partial charge < -0.3 is 15.0 Å². The van der Waals surface area contributed by atoms with Crippen molar-refractivity contribution in [1.82, 2.24) is 4.98 Å². The molecule has 1 aliphatic heterocycles. The number of morpholine rings is 1. The lowest BCUT2D eigenvalue weighted by Gasteiger charge is -2.28. The van der Waals surface area contributed by atoms with Crippen LogP contribution < -0.4 is 10.2 Å². The first-order chi connectivity index (χ1) is 11.7. The molecule has 5 nitrogen and oxygen atoms in total. The normalized spacial score (nSPS) is 14.5. The van der Waals surface area contributed by atoms with Crippen molar-refractivity contribution in [2.24, 2.45) is 0 Å². The lowest BCUT2D eigenvalue weighted by atomic mass is 10.00. The maximum Gasteiger partial charge on any atom is 0.224 e. The number of benzene rings is 1. The van der Waals surface area contributed by atoms with Crippen molar-refractivity contribution in [1.29, 1.82) is 0 Å². The van der Waals surface area contributed by atoms with Crippen LogP contribution in [0.15, 0.2) is 36.5 Å². The fraction of sp³-hybridized carbons (Fsp3) is 0.368. The molecule has 1 aliphatic rings. The van der Waals surface area contributed by atoms with Gasteiger partial charge in [-0.3, -0.25) is 4.79 Å². The molecule has 0 radical (unpaired) electrons. The Morgan fingerprint density at radius 2 is 2.00 bits per heavy atom. The van der Waals surface area contributed by atoms with Crippen LogP contribution in [0.25, 0.3) is 11.1 Å². The van der Waals surface area contributed by atoms with Gasteiger partial charge in [0.2, 0.25) is 5.91 Å². The molecule has 0 bridgehead atoms. The first kappa shape index (κ1) is 16.5. The summed E-state index contributed by atoms with van der Waals surface area (Å²) >= 11 is 0. The van der Waals surface area contributed by atoms with E-state index in [0.717, 1.165) is 48.9 Å². The van der Waals surface area contributed by atoms with E-state index in [1.807, 2.05) is 19.1 Å². The Balaban J connectivity index is 2.03. The van der Waals surface area contributed by atoms with Crippen LogP contribution in [0.5, 0.6) is 0 Å². The van der Waals surface area contributed by atoms with E-state index in [-0.39, 0.29) is 5.91 Å². The third-order valence-corrected chi connectivity index (χ3v) is 4.26. The van der Waals surface area contributed by atoms with Gasteiger partial charge in [0.25, 0.3) is 0 Å². The van der Waals surface area contributed by atoms with Crippen LogP contribution in [0, 0.1) is 6.92 Å². The summed E-state index contributed by atoms with van der Waals surface area (Å²) in [6.45, 7) is 7.03. The van der Waals surface area contributed by atoms with E-state index >= 15 is 0 Å². The number of nitrogens with one attached hydrogen (secondary N) is 1. The van der Waals surface area contributed by atoms with Gasteiger partial charge in [-0.15, -0.1) is 0 Å². The van der Waals surface area contributed by atoms with Crippen molar-refractivity contribution in [3.8, 4) is 11.1 Å². The summed E-state index contributed by atoms with van der Waals surface area (Å²) in [7, 11) is 0. The highest BCUT2D eigenvalue weighted by Gasteiger charge is 2.16. The highest BCUT2D eigenvalue weighted by Crippen LogP contribution is 2.33. The minimum Gasteiger partial charge on any atom is -0.378 e.